The van der Waals surface area contributed by atoms with Gasteiger partial charge in [0.1, 0.15) is 5.75 Å². The Labute approximate surface area is 101 Å². The molecule has 0 aromatic heterocycles. The van der Waals surface area contributed by atoms with Gasteiger partial charge in [-0.2, -0.15) is 0 Å². The summed E-state index contributed by atoms with van der Waals surface area (Å²) in [6.07, 6.45) is 3.47. The molecule has 0 bridgehead atoms. The van der Waals surface area contributed by atoms with E-state index in [4.69, 9.17) is 4.74 Å². The van der Waals surface area contributed by atoms with Crippen LogP contribution in [0.2, 0.25) is 0 Å². The number of carbonyl (C=O) groups is 1. The van der Waals surface area contributed by atoms with Gasteiger partial charge in [0.05, 0.1) is 5.69 Å². The first-order chi connectivity index (χ1) is 8.25. The van der Waals surface area contributed by atoms with Gasteiger partial charge in [-0.05, 0) is 37.0 Å². The van der Waals surface area contributed by atoms with Gasteiger partial charge in [-0.1, -0.05) is 0 Å². The lowest BCUT2D eigenvalue weighted by molar-refractivity contribution is -0.120. The highest BCUT2D eigenvalue weighted by Crippen LogP contribution is 2.37. The molecule has 2 heterocycles. The van der Waals surface area contributed by atoms with Gasteiger partial charge in [0.25, 0.3) is 5.91 Å². The van der Waals surface area contributed by atoms with E-state index in [1.807, 2.05) is 6.07 Å². The van der Waals surface area contributed by atoms with Crippen molar-refractivity contribution in [1.29, 1.82) is 0 Å². The number of aryl methyl sites for hydroxylation is 1. The molecule has 1 N–H and O–H groups in total. The van der Waals surface area contributed by atoms with Gasteiger partial charge in [0.15, 0.2) is 6.61 Å². The van der Waals surface area contributed by atoms with Gasteiger partial charge in [0, 0.05) is 19.3 Å². The second kappa shape index (κ2) is 3.95. The first kappa shape index (κ1) is 10.4. The molecule has 0 saturated carbocycles. The van der Waals surface area contributed by atoms with E-state index >= 15 is 0 Å². The highest BCUT2D eigenvalue weighted by atomic mass is 16.5. The van der Waals surface area contributed by atoms with Crippen molar-refractivity contribution in [2.24, 2.45) is 0 Å². The van der Waals surface area contributed by atoms with Gasteiger partial charge in [0.2, 0.25) is 0 Å². The molecule has 4 heteroatoms. The smallest absolute Gasteiger partial charge is 0.264 e. The Morgan fingerprint density at radius 2 is 2.24 bits per heavy atom. The minimum atomic E-state index is 0.00562. The maximum Gasteiger partial charge on any atom is 0.264 e. The first-order valence-corrected chi connectivity index (χ1v) is 6.06. The van der Waals surface area contributed by atoms with Crippen molar-refractivity contribution in [3.63, 3.8) is 0 Å². The lowest BCUT2D eigenvalue weighted by Gasteiger charge is -2.27. The van der Waals surface area contributed by atoms with Crippen LogP contribution < -0.4 is 15.0 Å². The molecule has 0 spiro atoms. The molecule has 0 aliphatic carbocycles. The average molecular weight is 232 g/mol. The SMILES string of the molecule is CN1C(=O)COc2cc3c(cc21)NCCCC3. The van der Waals surface area contributed by atoms with Crippen LogP contribution >= 0.6 is 0 Å². The number of carbonyl (C=O) groups excluding carboxylic acids is 1. The summed E-state index contributed by atoms with van der Waals surface area (Å²) < 4.78 is 5.49. The Balaban J connectivity index is 2.07. The fraction of sp³-hybridized carbons (Fsp3) is 0.462. The van der Waals surface area contributed by atoms with Crippen molar-refractivity contribution >= 4 is 17.3 Å². The number of hydrogen-bond acceptors (Lipinski definition) is 3. The van der Waals surface area contributed by atoms with E-state index < -0.39 is 0 Å². The Hall–Kier alpha value is -1.71. The summed E-state index contributed by atoms with van der Waals surface area (Å²) in [4.78, 5) is 13.2. The minimum absolute atomic E-state index is 0.00562. The second-order valence-corrected chi connectivity index (χ2v) is 4.60. The van der Waals surface area contributed by atoms with Crippen molar-refractivity contribution in [3.8, 4) is 5.75 Å². The number of rotatable bonds is 0. The van der Waals surface area contributed by atoms with Crippen LogP contribution in [-0.2, 0) is 11.2 Å². The van der Waals surface area contributed by atoms with Crippen LogP contribution in [0.1, 0.15) is 18.4 Å². The van der Waals surface area contributed by atoms with Gasteiger partial charge < -0.3 is 15.0 Å². The average Bonchev–Trinajstić information content (AvgIpc) is 2.57. The lowest BCUT2D eigenvalue weighted by Crippen LogP contribution is -2.35. The Morgan fingerprint density at radius 1 is 1.35 bits per heavy atom. The van der Waals surface area contributed by atoms with E-state index in [9.17, 15) is 4.79 Å². The van der Waals surface area contributed by atoms with E-state index in [-0.39, 0.29) is 12.5 Å². The van der Waals surface area contributed by atoms with Gasteiger partial charge in [-0.15, -0.1) is 0 Å². The quantitative estimate of drug-likeness (QED) is 0.741. The summed E-state index contributed by atoms with van der Waals surface area (Å²) in [7, 11) is 1.80. The molecular formula is C13H16N2O2. The summed E-state index contributed by atoms with van der Waals surface area (Å²) in [6.45, 7) is 1.15. The predicted octanol–water partition coefficient (Wildman–Crippen LogP) is 1.79. The van der Waals surface area contributed by atoms with Crippen molar-refractivity contribution in [2.45, 2.75) is 19.3 Å². The number of nitrogens with one attached hydrogen (secondary N) is 1. The molecule has 90 valence electrons. The monoisotopic (exact) mass is 232 g/mol. The van der Waals surface area contributed by atoms with Crippen molar-refractivity contribution in [1.82, 2.24) is 0 Å². The number of ether oxygens (including phenoxy) is 1. The number of nitrogens with zero attached hydrogens (tertiary/aromatic N) is 1. The maximum atomic E-state index is 11.6. The third kappa shape index (κ3) is 1.73. The number of likely N-dealkylation sites (N-methyl/N-ethyl adjacent to an activating group) is 1. The molecule has 0 fully saturated rings. The van der Waals surface area contributed by atoms with Crippen molar-refractivity contribution in [3.05, 3.63) is 17.7 Å². The van der Waals surface area contributed by atoms with Crippen molar-refractivity contribution < 1.29 is 9.53 Å². The number of benzene rings is 1. The molecule has 3 rings (SSSR count). The van der Waals surface area contributed by atoms with Crippen LogP contribution in [0.4, 0.5) is 11.4 Å². The number of hydrogen-bond donors (Lipinski definition) is 1. The highest BCUT2D eigenvalue weighted by Gasteiger charge is 2.24. The molecule has 1 amide bonds. The third-order valence-electron chi connectivity index (χ3n) is 3.46. The first-order valence-electron chi connectivity index (χ1n) is 6.06. The van der Waals surface area contributed by atoms with Crippen LogP contribution in [0.15, 0.2) is 12.1 Å². The maximum absolute atomic E-state index is 11.6. The fourth-order valence-corrected chi connectivity index (χ4v) is 2.39. The molecule has 1 aromatic carbocycles. The molecule has 0 radical (unpaired) electrons. The van der Waals surface area contributed by atoms with Gasteiger partial charge in [-0.3, -0.25) is 4.79 Å². The largest absolute Gasteiger partial charge is 0.482 e. The number of fused-ring (bicyclic) bond motifs is 2. The lowest BCUT2D eigenvalue weighted by atomic mass is 10.1. The molecule has 2 aliphatic rings. The standard InChI is InChI=1S/C13H16N2O2/c1-15-11-7-10-9(4-2-3-5-14-10)6-12(11)17-8-13(15)16/h6-7,14H,2-5,8H2,1H3. The van der Waals surface area contributed by atoms with Crippen molar-refractivity contribution in [2.75, 3.05) is 30.4 Å². The second-order valence-electron chi connectivity index (χ2n) is 4.60. The Kier molecular flexibility index (Phi) is 2.42. The molecule has 0 atom stereocenters. The zero-order chi connectivity index (χ0) is 11.8. The molecule has 0 unspecified atom stereocenters. The topological polar surface area (TPSA) is 41.6 Å². The number of anilines is 2. The normalized spacial score (nSPS) is 18.6. The van der Waals surface area contributed by atoms with Crippen LogP contribution in [0.5, 0.6) is 5.75 Å². The predicted molar refractivity (Wildman–Crippen MR) is 66.8 cm³/mol. The Bertz CT molecular complexity index is 471. The minimum Gasteiger partial charge on any atom is -0.482 e. The molecule has 4 nitrogen and oxygen atoms in total. The van der Waals surface area contributed by atoms with E-state index in [1.165, 1.54) is 18.4 Å². The Morgan fingerprint density at radius 3 is 3.12 bits per heavy atom. The highest BCUT2D eigenvalue weighted by molar-refractivity contribution is 5.98. The summed E-state index contributed by atoms with van der Waals surface area (Å²) in [6, 6.07) is 4.11. The fourth-order valence-electron chi connectivity index (χ4n) is 2.39. The zero-order valence-corrected chi connectivity index (χ0v) is 9.95. The molecule has 2 aliphatic heterocycles. The molecule has 17 heavy (non-hydrogen) atoms. The summed E-state index contributed by atoms with van der Waals surface area (Å²) in [5, 5.41) is 3.42. The van der Waals surface area contributed by atoms with Gasteiger partial charge >= 0.3 is 0 Å². The van der Waals surface area contributed by atoms with E-state index in [0.29, 0.717) is 0 Å². The summed E-state index contributed by atoms with van der Waals surface area (Å²) in [5.74, 6) is 0.834. The van der Waals surface area contributed by atoms with Crippen LogP contribution in [0.3, 0.4) is 0 Å². The van der Waals surface area contributed by atoms with Crippen LogP contribution in [-0.4, -0.2) is 26.1 Å². The van der Waals surface area contributed by atoms with Crippen LogP contribution in [0.25, 0.3) is 0 Å². The third-order valence-corrected chi connectivity index (χ3v) is 3.46. The molecule has 0 saturated heterocycles. The van der Waals surface area contributed by atoms with E-state index in [1.54, 1.807) is 11.9 Å². The summed E-state index contributed by atoms with van der Waals surface area (Å²) in [5.41, 5.74) is 3.31. The van der Waals surface area contributed by atoms with E-state index in [0.717, 1.165) is 30.1 Å². The molecular weight excluding hydrogens is 216 g/mol. The molecule has 1 aromatic rings. The van der Waals surface area contributed by atoms with E-state index in [2.05, 4.69) is 11.4 Å². The summed E-state index contributed by atoms with van der Waals surface area (Å²) >= 11 is 0. The zero-order valence-electron chi connectivity index (χ0n) is 9.95. The number of amides is 1. The van der Waals surface area contributed by atoms with Crippen LogP contribution in [0, 0.1) is 0 Å². The van der Waals surface area contributed by atoms with Gasteiger partial charge in [-0.25, -0.2) is 0 Å².